The second kappa shape index (κ2) is 11.2. The van der Waals surface area contributed by atoms with E-state index < -0.39 is 0 Å². The molecule has 0 amide bonds. The second-order valence-corrected chi connectivity index (χ2v) is 6.86. The maximum absolute atomic E-state index is 5.16. The van der Waals surface area contributed by atoms with Crippen LogP contribution < -0.4 is 0 Å². The number of hydrogen-bond acceptors (Lipinski definition) is 2. The summed E-state index contributed by atoms with van der Waals surface area (Å²) >= 11 is 5.16. The van der Waals surface area contributed by atoms with E-state index in [1.807, 2.05) is 35.0 Å². The summed E-state index contributed by atoms with van der Waals surface area (Å²) in [7, 11) is 0. The molecule has 0 saturated carbocycles. The SMILES string of the molecule is CCCCCCCCCCCCc1nc([S])nn1-c1ccccc1. The van der Waals surface area contributed by atoms with E-state index in [1.54, 1.807) is 0 Å². The highest BCUT2D eigenvalue weighted by Gasteiger charge is 2.09. The lowest BCUT2D eigenvalue weighted by molar-refractivity contribution is 0.552. The first kappa shape index (κ1) is 18.9. The summed E-state index contributed by atoms with van der Waals surface area (Å²) in [6.07, 6.45) is 14.4. The van der Waals surface area contributed by atoms with Gasteiger partial charge in [-0.1, -0.05) is 82.9 Å². The van der Waals surface area contributed by atoms with E-state index in [0.717, 1.165) is 24.4 Å². The zero-order valence-electron chi connectivity index (χ0n) is 14.9. The van der Waals surface area contributed by atoms with Gasteiger partial charge in [-0.15, -0.1) is 5.10 Å². The van der Waals surface area contributed by atoms with Crippen LogP contribution >= 0.6 is 12.6 Å². The van der Waals surface area contributed by atoms with Crippen molar-refractivity contribution in [1.29, 1.82) is 0 Å². The molecule has 0 bridgehead atoms. The first-order chi connectivity index (χ1) is 11.8. The molecule has 0 unspecified atom stereocenters. The van der Waals surface area contributed by atoms with Crippen molar-refractivity contribution in [1.82, 2.24) is 14.8 Å². The first-order valence-corrected chi connectivity index (χ1v) is 9.90. The average Bonchev–Trinajstić information content (AvgIpc) is 2.98. The lowest BCUT2D eigenvalue weighted by atomic mass is 10.1. The minimum atomic E-state index is 0.445. The topological polar surface area (TPSA) is 30.7 Å². The number of aryl methyl sites for hydroxylation is 1. The van der Waals surface area contributed by atoms with Crippen LogP contribution in [0.2, 0.25) is 0 Å². The number of unbranched alkanes of at least 4 members (excludes halogenated alkanes) is 9. The number of para-hydroxylation sites is 1. The molecule has 1 aromatic heterocycles. The van der Waals surface area contributed by atoms with Gasteiger partial charge in [-0.2, -0.15) is 0 Å². The summed E-state index contributed by atoms with van der Waals surface area (Å²) in [6, 6.07) is 10.1. The van der Waals surface area contributed by atoms with Crippen LogP contribution in [0.1, 0.15) is 77.0 Å². The monoisotopic (exact) mass is 344 g/mol. The lowest BCUT2D eigenvalue weighted by Crippen LogP contribution is -2.03. The molecule has 1 radical (unpaired) electrons. The molecule has 1 aromatic carbocycles. The third-order valence-electron chi connectivity index (χ3n) is 4.41. The molecule has 24 heavy (non-hydrogen) atoms. The zero-order chi connectivity index (χ0) is 17.0. The Morgan fingerprint density at radius 3 is 2.04 bits per heavy atom. The first-order valence-electron chi connectivity index (χ1n) is 9.49. The molecule has 0 aliphatic carbocycles. The quantitative estimate of drug-likeness (QED) is 0.424. The molecule has 3 nitrogen and oxygen atoms in total. The van der Waals surface area contributed by atoms with Crippen LogP contribution in [-0.4, -0.2) is 14.8 Å². The Bertz CT molecular complexity index is 566. The third kappa shape index (κ3) is 6.60. The predicted molar refractivity (Wildman–Crippen MR) is 103 cm³/mol. The van der Waals surface area contributed by atoms with E-state index in [0.29, 0.717) is 5.16 Å². The number of benzene rings is 1. The van der Waals surface area contributed by atoms with Crippen molar-refractivity contribution in [2.45, 2.75) is 82.7 Å². The normalized spacial score (nSPS) is 11.0. The molecule has 0 fully saturated rings. The summed E-state index contributed by atoms with van der Waals surface area (Å²) in [5.41, 5.74) is 1.04. The number of rotatable bonds is 12. The Balaban J connectivity index is 1.65. The van der Waals surface area contributed by atoms with Gasteiger partial charge < -0.3 is 0 Å². The Morgan fingerprint density at radius 2 is 1.42 bits per heavy atom. The minimum Gasteiger partial charge on any atom is -0.216 e. The van der Waals surface area contributed by atoms with Crippen molar-refractivity contribution in [2.24, 2.45) is 0 Å². The van der Waals surface area contributed by atoms with Crippen LogP contribution in [0.25, 0.3) is 5.69 Å². The molecule has 131 valence electrons. The van der Waals surface area contributed by atoms with Gasteiger partial charge in [-0.3, -0.25) is 0 Å². The highest BCUT2D eigenvalue weighted by molar-refractivity contribution is 7.80. The van der Waals surface area contributed by atoms with Crippen LogP contribution in [0.15, 0.2) is 35.5 Å². The van der Waals surface area contributed by atoms with E-state index >= 15 is 0 Å². The summed E-state index contributed by atoms with van der Waals surface area (Å²) in [6.45, 7) is 2.27. The van der Waals surface area contributed by atoms with Gasteiger partial charge >= 0.3 is 0 Å². The fraction of sp³-hybridized carbons (Fsp3) is 0.600. The third-order valence-corrected chi connectivity index (χ3v) is 4.58. The predicted octanol–water partition coefficient (Wildman–Crippen LogP) is 6.29. The molecule has 0 aliphatic heterocycles. The molecule has 4 heteroatoms. The standard InChI is InChI=1S/C20H30N3S/c1-2-3-4-5-6-7-8-9-10-14-17-19-21-20(24)22-23(19)18-15-12-11-13-16-18/h11-13,15-16H,2-10,14,17H2,1H3. The van der Waals surface area contributed by atoms with Gasteiger partial charge in [-0.25, -0.2) is 9.67 Å². The molecule has 1 heterocycles. The van der Waals surface area contributed by atoms with Crippen LogP contribution in [0.5, 0.6) is 0 Å². The molecule has 0 N–H and O–H groups in total. The molecular formula is C20H30N3S. The van der Waals surface area contributed by atoms with Crippen molar-refractivity contribution in [3.63, 3.8) is 0 Å². The lowest BCUT2D eigenvalue weighted by Gasteiger charge is -2.05. The van der Waals surface area contributed by atoms with E-state index in [2.05, 4.69) is 17.0 Å². The van der Waals surface area contributed by atoms with Gasteiger partial charge in [0.05, 0.1) is 5.69 Å². The Labute approximate surface area is 152 Å². The molecule has 2 aromatic rings. The Kier molecular flexibility index (Phi) is 8.82. The fourth-order valence-electron chi connectivity index (χ4n) is 3.03. The second-order valence-electron chi connectivity index (χ2n) is 6.49. The number of aromatic nitrogens is 3. The van der Waals surface area contributed by atoms with Crippen LogP contribution in [-0.2, 0) is 6.42 Å². The van der Waals surface area contributed by atoms with Gasteiger partial charge in [-0.05, 0) is 31.2 Å². The zero-order valence-corrected chi connectivity index (χ0v) is 15.7. The summed E-state index contributed by atoms with van der Waals surface area (Å²) in [5, 5.41) is 4.81. The molecule has 0 spiro atoms. The van der Waals surface area contributed by atoms with Gasteiger partial charge in [0, 0.05) is 6.42 Å². The summed E-state index contributed by atoms with van der Waals surface area (Å²) in [4.78, 5) is 4.43. The van der Waals surface area contributed by atoms with Crippen LogP contribution in [0, 0.1) is 0 Å². The fourth-order valence-corrected chi connectivity index (χ4v) is 3.22. The van der Waals surface area contributed by atoms with E-state index in [1.165, 1.54) is 57.8 Å². The van der Waals surface area contributed by atoms with Gasteiger partial charge in [0.1, 0.15) is 5.82 Å². The van der Waals surface area contributed by atoms with Gasteiger partial charge in [0.2, 0.25) is 5.16 Å². The van der Waals surface area contributed by atoms with Crippen molar-refractivity contribution >= 4 is 12.6 Å². The number of nitrogens with zero attached hydrogens (tertiary/aromatic N) is 3. The number of hydrogen-bond donors (Lipinski definition) is 0. The molecular weight excluding hydrogens is 314 g/mol. The highest BCUT2D eigenvalue weighted by Crippen LogP contribution is 2.15. The molecule has 2 rings (SSSR count). The molecule has 0 saturated heterocycles. The maximum Gasteiger partial charge on any atom is 0.239 e. The molecule has 0 atom stereocenters. The van der Waals surface area contributed by atoms with Crippen molar-refractivity contribution in [3.8, 4) is 5.69 Å². The summed E-state index contributed by atoms with van der Waals surface area (Å²) in [5.74, 6) is 0.991. The van der Waals surface area contributed by atoms with E-state index in [-0.39, 0.29) is 0 Å². The highest BCUT2D eigenvalue weighted by atomic mass is 32.1. The average molecular weight is 345 g/mol. The summed E-state index contributed by atoms with van der Waals surface area (Å²) < 4.78 is 1.90. The van der Waals surface area contributed by atoms with Crippen molar-refractivity contribution in [2.75, 3.05) is 0 Å². The van der Waals surface area contributed by atoms with Crippen LogP contribution in [0.3, 0.4) is 0 Å². The van der Waals surface area contributed by atoms with Crippen molar-refractivity contribution in [3.05, 3.63) is 36.2 Å². The minimum absolute atomic E-state index is 0.445. The Morgan fingerprint density at radius 1 is 0.833 bits per heavy atom. The smallest absolute Gasteiger partial charge is 0.216 e. The largest absolute Gasteiger partial charge is 0.239 e. The van der Waals surface area contributed by atoms with E-state index in [4.69, 9.17) is 12.6 Å². The Hall–Kier alpha value is -1.42. The molecule has 0 aliphatic rings. The van der Waals surface area contributed by atoms with E-state index in [9.17, 15) is 0 Å². The maximum atomic E-state index is 5.16. The van der Waals surface area contributed by atoms with Gasteiger partial charge in [0.15, 0.2) is 0 Å². The van der Waals surface area contributed by atoms with Crippen molar-refractivity contribution < 1.29 is 0 Å². The van der Waals surface area contributed by atoms with Crippen LogP contribution in [0.4, 0.5) is 0 Å². The van der Waals surface area contributed by atoms with Gasteiger partial charge in [0.25, 0.3) is 0 Å².